The number of aromatic nitrogens is 2. The monoisotopic (exact) mass is 323 g/mol. The SMILES string of the molecule is Cc1nccc(O[C@H]2CCCN(C(=O)/C=C/c3ccccc3)C2)n1. The standard InChI is InChI=1S/C19H21N3O2/c1-15-20-12-11-18(21-15)24-17-8-5-13-22(14-17)19(23)10-9-16-6-3-2-4-7-16/h2-4,6-7,9-12,17H,5,8,13-14H2,1H3/b10-9+/t17-/m0/s1. The van der Waals surface area contributed by atoms with Crippen LogP contribution in [-0.4, -0.2) is 40.0 Å². The number of piperidine rings is 1. The van der Waals surface area contributed by atoms with Gasteiger partial charge in [0.1, 0.15) is 11.9 Å². The van der Waals surface area contributed by atoms with Crippen LogP contribution in [0.4, 0.5) is 0 Å². The van der Waals surface area contributed by atoms with Crippen LogP contribution in [-0.2, 0) is 4.79 Å². The molecule has 0 aliphatic carbocycles. The van der Waals surface area contributed by atoms with Gasteiger partial charge in [0.25, 0.3) is 0 Å². The smallest absolute Gasteiger partial charge is 0.246 e. The van der Waals surface area contributed by atoms with Crippen molar-refractivity contribution in [3.63, 3.8) is 0 Å². The Kier molecular flexibility index (Phi) is 5.21. The average Bonchev–Trinajstić information content (AvgIpc) is 2.61. The Labute approximate surface area is 142 Å². The summed E-state index contributed by atoms with van der Waals surface area (Å²) in [5, 5.41) is 0. The lowest BCUT2D eigenvalue weighted by Crippen LogP contribution is -2.43. The maximum absolute atomic E-state index is 12.4. The molecular formula is C19H21N3O2. The van der Waals surface area contributed by atoms with Crippen LogP contribution in [0.1, 0.15) is 24.2 Å². The van der Waals surface area contributed by atoms with Gasteiger partial charge in [-0.2, -0.15) is 4.98 Å². The van der Waals surface area contributed by atoms with Crippen molar-refractivity contribution in [2.45, 2.75) is 25.9 Å². The zero-order valence-electron chi connectivity index (χ0n) is 13.8. The number of likely N-dealkylation sites (tertiary alicyclic amines) is 1. The number of carbonyl (C=O) groups excluding carboxylic acids is 1. The molecule has 5 nitrogen and oxygen atoms in total. The predicted molar refractivity (Wildman–Crippen MR) is 92.5 cm³/mol. The number of amides is 1. The van der Waals surface area contributed by atoms with E-state index in [0.29, 0.717) is 18.2 Å². The number of benzene rings is 1. The molecule has 1 aliphatic heterocycles. The van der Waals surface area contributed by atoms with Gasteiger partial charge in [-0.3, -0.25) is 4.79 Å². The minimum absolute atomic E-state index is 0.0195. The number of hydrogen-bond donors (Lipinski definition) is 0. The number of rotatable bonds is 4. The maximum Gasteiger partial charge on any atom is 0.246 e. The van der Waals surface area contributed by atoms with Gasteiger partial charge < -0.3 is 9.64 Å². The molecule has 1 aromatic carbocycles. The van der Waals surface area contributed by atoms with E-state index in [1.54, 1.807) is 18.3 Å². The molecular weight excluding hydrogens is 302 g/mol. The Bertz CT molecular complexity index is 716. The fourth-order valence-electron chi connectivity index (χ4n) is 2.74. The summed E-state index contributed by atoms with van der Waals surface area (Å²) in [5.41, 5.74) is 1.02. The van der Waals surface area contributed by atoms with Gasteiger partial charge in [-0.25, -0.2) is 4.98 Å². The first-order valence-corrected chi connectivity index (χ1v) is 8.19. The zero-order valence-corrected chi connectivity index (χ0v) is 13.8. The lowest BCUT2D eigenvalue weighted by Gasteiger charge is -2.32. The highest BCUT2D eigenvalue weighted by atomic mass is 16.5. The number of nitrogens with zero attached hydrogens (tertiary/aromatic N) is 3. The van der Waals surface area contributed by atoms with Crippen molar-refractivity contribution in [3.05, 3.63) is 60.1 Å². The summed E-state index contributed by atoms with van der Waals surface area (Å²) in [5.74, 6) is 1.27. The third kappa shape index (κ3) is 4.41. The highest BCUT2D eigenvalue weighted by Crippen LogP contribution is 2.17. The predicted octanol–water partition coefficient (Wildman–Crippen LogP) is 2.87. The van der Waals surface area contributed by atoms with Crippen LogP contribution in [0.5, 0.6) is 5.88 Å². The van der Waals surface area contributed by atoms with Crippen molar-refractivity contribution in [3.8, 4) is 5.88 Å². The molecule has 0 N–H and O–H groups in total. The number of aryl methyl sites for hydroxylation is 1. The molecule has 2 aromatic rings. The van der Waals surface area contributed by atoms with Crippen molar-refractivity contribution in [2.24, 2.45) is 0 Å². The highest BCUT2D eigenvalue weighted by molar-refractivity contribution is 5.91. The fraction of sp³-hybridized carbons (Fsp3) is 0.316. The van der Waals surface area contributed by atoms with Crippen LogP contribution >= 0.6 is 0 Å². The Hall–Kier alpha value is -2.69. The molecule has 2 heterocycles. The highest BCUT2D eigenvalue weighted by Gasteiger charge is 2.24. The third-order valence-corrected chi connectivity index (χ3v) is 3.95. The molecule has 1 aromatic heterocycles. The van der Waals surface area contributed by atoms with Crippen LogP contribution in [0.15, 0.2) is 48.7 Å². The van der Waals surface area contributed by atoms with Gasteiger partial charge in [0.05, 0.1) is 6.54 Å². The second kappa shape index (κ2) is 7.73. The van der Waals surface area contributed by atoms with Crippen LogP contribution in [0.2, 0.25) is 0 Å². The van der Waals surface area contributed by atoms with Crippen molar-refractivity contribution in [1.82, 2.24) is 14.9 Å². The first-order valence-electron chi connectivity index (χ1n) is 8.19. The molecule has 1 amide bonds. The first kappa shape index (κ1) is 16.2. The molecule has 5 heteroatoms. The van der Waals surface area contributed by atoms with Crippen LogP contribution in [0, 0.1) is 6.92 Å². The van der Waals surface area contributed by atoms with Crippen molar-refractivity contribution >= 4 is 12.0 Å². The van der Waals surface area contributed by atoms with Crippen LogP contribution in [0.25, 0.3) is 6.08 Å². The molecule has 3 rings (SSSR count). The van der Waals surface area contributed by atoms with E-state index in [0.717, 1.165) is 24.9 Å². The van der Waals surface area contributed by atoms with E-state index in [1.807, 2.05) is 48.2 Å². The Morgan fingerprint density at radius 1 is 1.29 bits per heavy atom. The van der Waals surface area contributed by atoms with E-state index in [-0.39, 0.29) is 12.0 Å². The summed E-state index contributed by atoms with van der Waals surface area (Å²) in [4.78, 5) is 22.5. The van der Waals surface area contributed by atoms with Gasteiger partial charge in [-0.15, -0.1) is 0 Å². The topological polar surface area (TPSA) is 55.3 Å². The fourth-order valence-corrected chi connectivity index (χ4v) is 2.74. The van der Waals surface area contributed by atoms with Crippen LogP contribution in [0.3, 0.4) is 0 Å². The lowest BCUT2D eigenvalue weighted by molar-refractivity contribution is -0.128. The van der Waals surface area contributed by atoms with Crippen molar-refractivity contribution in [2.75, 3.05) is 13.1 Å². The molecule has 0 saturated carbocycles. The molecule has 24 heavy (non-hydrogen) atoms. The van der Waals surface area contributed by atoms with Crippen LogP contribution < -0.4 is 4.74 Å². The second-order valence-corrected chi connectivity index (χ2v) is 5.85. The van der Waals surface area contributed by atoms with Gasteiger partial charge in [-0.1, -0.05) is 30.3 Å². The molecule has 0 unspecified atom stereocenters. The summed E-state index contributed by atoms with van der Waals surface area (Å²) in [6.45, 7) is 3.18. The van der Waals surface area contributed by atoms with Gasteiger partial charge in [0, 0.05) is 24.9 Å². The Balaban J connectivity index is 1.58. The molecule has 1 fully saturated rings. The molecule has 0 spiro atoms. The Morgan fingerprint density at radius 2 is 2.12 bits per heavy atom. The molecule has 1 saturated heterocycles. The summed E-state index contributed by atoms with van der Waals surface area (Å²) in [6, 6.07) is 11.6. The number of carbonyl (C=O) groups is 1. The van der Waals surface area contributed by atoms with Gasteiger partial charge in [0.2, 0.25) is 11.8 Å². The maximum atomic E-state index is 12.4. The average molecular weight is 323 g/mol. The van der Waals surface area contributed by atoms with Crippen molar-refractivity contribution in [1.29, 1.82) is 0 Å². The molecule has 124 valence electrons. The minimum atomic E-state index is -0.0258. The summed E-state index contributed by atoms with van der Waals surface area (Å²) >= 11 is 0. The van der Waals surface area contributed by atoms with E-state index in [9.17, 15) is 4.79 Å². The summed E-state index contributed by atoms with van der Waals surface area (Å²) < 4.78 is 5.91. The number of ether oxygens (including phenoxy) is 1. The molecule has 0 radical (unpaired) electrons. The summed E-state index contributed by atoms with van der Waals surface area (Å²) in [6.07, 6.45) is 7.00. The van der Waals surface area contributed by atoms with E-state index in [1.165, 1.54) is 0 Å². The van der Waals surface area contributed by atoms with Crippen molar-refractivity contribution < 1.29 is 9.53 Å². The second-order valence-electron chi connectivity index (χ2n) is 5.85. The normalized spacial score (nSPS) is 17.9. The van der Waals surface area contributed by atoms with Gasteiger partial charge in [0.15, 0.2) is 0 Å². The first-order chi connectivity index (χ1) is 11.7. The third-order valence-electron chi connectivity index (χ3n) is 3.95. The zero-order chi connectivity index (χ0) is 16.8. The lowest BCUT2D eigenvalue weighted by atomic mass is 10.1. The molecule has 1 aliphatic rings. The largest absolute Gasteiger partial charge is 0.472 e. The minimum Gasteiger partial charge on any atom is -0.472 e. The molecule has 0 bridgehead atoms. The molecule has 1 atom stereocenters. The van der Waals surface area contributed by atoms with E-state index < -0.39 is 0 Å². The van der Waals surface area contributed by atoms with E-state index >= 15 is 0 Å². The summed E-state index contributed by atoms with van der Waals surface area (Å²) in [7, 11) is 0. The van der Waals surface area contributed by atoms with E-state index in [4.69, 9.17) is 4.74 Å². The van der Waals surface area contributed by atoms with Gasteiger partial charge in [-0.05, 0) is 31.4 Å². The van der Waals surface area contributed by atoms with Gasteiger partial charge >= 0.3 is 0 Å². The quantitative estimate of drug-likeness (QED) is 0.812. The number of hydrogen-bond acceptors (Lipinski definition) is 4. The van der Waals surface area contributed by atoms with E-state index in [2.05, 4.69) is 9.97 Å². The Morgan fingerprint density at radius 3 is 2.92 bits per heavy atom.